The standard InChI is InChI=1S/C13H26N4O5/c1-7(11(19)17-10(8(2)18)13(21)22)16-12(20)9(15)5-3-4-6-14/h7-10,18H,3-6,14-15H2,1-2H3,(H,16,20)(H,17,19)(H,21,22)/t7-,8+,9-,10-/m0/s1. The quantitative estimate of drug-likeness (QED) is 0.251. The topological polar surface area (TPSA) is 168 Å². The smallest absolute Gasteiger partial charge is 0.328 e. The second-order valence-electron chi connectivity index (χ2n) is 5.19. The molecule has 0 unspecified atom stereocenters. The van der Waals surface area contributed by atoms with E-state index >= 15 is 0 Å². The van der Waals surface area contributed by atoms with Gasteiger partial charge in [-0.2, -0.15) is 0 Å². The molecule has 0 fully saturated rings. The Morgan fingerprint density at radius 3 is 2.14 bits per heavy atom. The molecule has 0 aliphatic carbocycles. The van der Waals surface area contributed by atoms with Crippen molar-refractivity contribution >= 4 is 17.8 Å². The third-order valence-corrected chi connectivity index (χ3v) is 3.10. The van der Waals surface area contributed by atoms with Crippen molar-refractivity contribution in [2.75, 3.05) is 6.54 Å². The fourth-order valence-corrected chi connectivity index (χ4v) is 1.69. The Bertz CT molecular complexity index is 389. The van der Waals surface area contributed by atoms with Gasteiger partial charge in [-0.15, -0.1) is 0 Å². The van der Waals surface area contributed by atoms with Crippen molar-refractivity contribution in [3.63, 3.8) is 0 Å². The molecule has 0 radical (unpaired) electrons. The molecule has 8 N–H and O–H groups in total. The van der Waals surface area contributed by atoms with E-state index in [2.05, 4.69) is 10.6 Å². The molecule has 2 amide bonds. The number of aliphatic hydroxyl groups is 1. The summed E-state index contributed by atoms with van der Waals surface area (Å²) in [6, 6.07) is -3.16. The molecule has 0 aliphatic rings. The maximum absolute atomic E-state index is 11.8. The van der Waals surface area contributed by atoms with Crippen molar-refractivity contribution < 1.29 is 24.6 Å². The van der Waals surface area contributed by atoms with Gasteiger partial charge in [-0.05, 0) is 33.2 Å². The number of hydrogen-bond acceptors (Lipinski definition) is 6. The molecule has 0 saturated heterocycles. The zero-order valence-corrected chi connectivity index (χ0v) is 12.9. The highest BCUT2D eigenvalue weighted by atomic mass is 16.4. The number of aliphatic carboxylic acids is 1. The summed E-state index contributed by atoms with van der Waals surface area (Å²) < 4.78 is 0. The van der Waals surface area contributed by atoms with Gasteiger partial charge in [-0.25, -0.2) is 4.79 Å². The zero-order chi connectivity index (χ0) is 17.3. The Balaban J connectivity index is 4.39. The number of amides is 2. The predicted octanol–water partition coefficient (Wildman–Crippen LogP) is -2.10. The fraction of sp³-hybridized carbons (Fsp3) is 0.769. The van der Waals surface area contributed by atoms with Gasteiger partial charge in [0, 0.05) is 0 Å². The minimum atomic E-state index is -1.44. The van der Waals surface area contributed by atoms with E-state index in [1.54, 1.807) is 0 Å². The molecule has 9 heteroatoms. The Morgan fingerprint density at radius 2 is 1.68 bits per heavy atom. The molecule has 0 aromatic rings. The number of nitrogens with one attached hydrogen (secondary N) is 2. The van der Waals surface area contributed by atoms with Crippen LogP contribution in [-0.4, -0.2) is 58.8 Å². The van der Waals surface area contributed by atoms with Crippen molar-refractivity contribution in [2.45, 2.75) is 57.3 Å². The van der Waals surface area contributed by atoms with Gasteiger partial charge in [0.1, 0.15) is 6.04 Å². The van der Waals surface area contributed by atoms with Gasteiger partial charge >= 0.3 is 5.97 Å². The van der Waals surface area contributed by atoms with Crippen molar-refractivity contribution in [3.05, 3.63) is 0 Å². The predicted molar refractivity (Wildman–Crippen MR) is 79.7 cm³/mol. The molecular weight excluding hydrogens is 292 g/mol. The number of aliphatic hydroxyl groups excluding tert-OH is 1. The number of carboxylic acid groups (broad SMARTS) is 1. The summed E-state index contributed by atoms with van der Waals surface area (Å²) in [7, 11) is 0. The molecule has 0 aromatic carbocycles. The third kappa shape index (κ3) is 7.34. The largest absolute Gasteiger partial charge is 0.480 e. The molecule has 22 heavy (non-hydrogen) atoms. The molecular formula is C13H26N4O5. The molecule has 0 aromatic heterocycles. The first-order valence-electron chi connectivity index (χ1n) is 7.18. The van der Waals surface area contributed by atoms with Gasteiger partial charge in [0.15, 0.2) is 6.04 Å². The van der Waals surface area contributed by atoms with Gasteiger partial charge in [0.05, 0.1) is 12.1 Å². The summed E-state index contributed by atoms with van der Waals surface area (Å²) in [5.74, 6) is -2.57. The summed E-state index contributed by atoms with van der Waals surface area (Å²) in [6.45, 7) is 3.17. The van der Waals surface area contributed by atoms with Crippen molar-refractivity contribution in [3.8, 4) is 0 Å². The van der Waals surface area contributed by atoms with E-state index in [1.165, 1.54) is 13.8 Å². The first kappa shape index (κ1) is 20.3. The lowest BCUT2D eigenvalue weighted by Gasteiger charge is -2.21. The summed E-state index contributed by atoms with van der Waals surface area (Å²) in [5.41, 5.74) is 11.0. The van der Waals surface area contributed by atoms with Gasteiger partial charge in [0.25, 0.3) is 0 Å². The maximum atomic E-state index is 11.8. The van der Waals surface area contributed by atoms with Crippen LogP contribution in [-0.2, 0) is 14.4 Å². The fourth-order valence-electron chi connectivity index (χ4n) is 1.69. The van der Waals surface area contributed by atoms with Crippen LogP contribution in [0.5, 0.6) is 0 Å². The molecule has 9 nitrogen and oxygen atoms in total. The zero-order valence-electron chi connectivity index (χ0n) is 12.9. The second-order valence-corrected chi connectivity index (χ2v) is 5.19. The lowest BCUT2D eigenvalue weighted by molar-refractivity contribution is -0.145. The van der Waals surface area contributed by atoms with E-state index < -0.39 is 42.0 Å². The van der Waals surface area contributed by atoms with E-state index in [0.717, 1.165) is 6.42 Å². The average molecular weight is 318 g/mol. The van der Waals surface area contributed by atoms with E-state index in [-0.39, 0.29) is 0 Å². The van der Waals surface area contributed by atoms with Crippen LogP contribution in [0.2, 0.25) is 0 Å². The molecule has 0 spiro atoms. The van der Waals surface area contributed by atoms with Crippen LogP contribution in [0.15, 0.2) is 0 Å². The van der Waals surface area contributed by atoms with E-state index in [9.17, 15) is 19.5 Å². The highest BCUT2D eigenvalue weighted by Crippen LogP contribution is 1.99. The molecule has 0 bridgehead atoms. The average Bonchev–Trinajstić information content (AvgIpc) is 2.43. The van der Waals surface area contributed by atoms with Gasteiger partial charge in [-0.1, -0.05) is 6.42 Å². The monoisotopic (exact) mass is 318 g/mol. The molecule has 0 rings (SSSR count). The van der Waals surface area contributed by atoms with Crippen LogP contribution < -0.4 is 22.1 Å². The number of carboxylic acids is 1. The summed E-state index contributed by atoms with van der Waals surface area (Å²) in [6.07, 6.45) is 0.645. The number of unbranched alkanes of at least 4 members (excludes halogenated alkanes) is 1. The number of carbonyl (C=O) groups is 3. The highest BCUT2D eigenvalue weighted by Gasteiger charge is 2.28. The normalized spacial score (nSPS) is 16.2. The van der Waals surface area contributed by atoms with Crippen LogP contribution in [0.3, 0.4) is 0 Å². The summed E-state index contributed by atoms with van der Waals surface area (Å²) in [5, 5.41) is 22.7. The Labute approximate surface area is 129 Å². The van der Waals surface area contributed by atoms with Crippen LogP contribution >= 0.6 is 0 Å². The highest BCUT2D eigenvalue weighted by molar-refractivity contribution is 5.91. The number of carbonyl (C=O) groups excluding carboxylic acids is 2. The Hall–Kier alpha value is -1.71. The van der Waals surface area contributed by atoms with Crippen LogP contribution in [0.4, 0.5) is 0 Å². The van der Waals surface area contributed by atoms with E-state index in [4.69, 9.17) is 16.6 Å². The SMILES string of the molecule is C[C@H](NC(=O)[C@@H](N)CCCCN)C(=O)N[C@H](C(=O)O)[C@@H](C)O. The third-order valence-electron chi connectivity index (χ3n) is 3.10. The van der Waals surface area contributed by atoms with Crippen molar-refractivity contribution in [1.82, 2.24) is 10.6 Å². The molecule has 128 valence electrons. The Kier molecular flexibility index (Phi) is 9.31. The lowest BCUT2D eigenvalue weighted by Crippen LogP contribution is -2.55. The number of nitrogens with two attached hydrogens (primary N) is 2. The summed E-state index contributed by atoms with van der Waals surface area (Å²) in [4.78, 5) is 34.5. The van der Waals surface area contributed by atoms with Gasteiger partial charge in [-0.3, -0.25) is 9.59 Å². The lowest BCUT2D eigenvalue weighted by atomic mass is 10.1. The maximum Gasteiger partial charge on any atom is 0.328 e. The van der Waals surface area contributed by atoms with Crippen LogP contribution in [0.1, 0.15) is 33.1 Å². The molecule has 0 heterocycles. The van der Waals surface area contributed by atoms with Gasteiger partial charge < -0.3 is 32.3 Å². The molecule has 0 aliphatic heterocycles. The first-order chi connectivity index (χ1) is 10.2. The molecule has 0 saturated carbocycles. The van der Waals surface area contributed by atoms with E-state index in [1.807, 2.05) is 0 Å². The number of hydrogen-bond donors (Lipinski definition) is 6. The first-order valence-corrected chi connectivity index (χ1v) is 7.18. The Morgan fingerprint density at radius 1 is 1.09 bits per heavy atom. The van der Waals surface area contributed by atoms with Crippen LogP contribution in [0.25, 0.3) is 0 Å². The second kappa shape index (κ2) is 10.1. The minimum Gasteiger partial charge on any atom is -0.480 e. The minimum absolute atomic E-state index is 0.447. The van der Waals surface area contributed by atoms with E-state index in [0.29, 0.717) is 19.4 Å². The van der Waals surface area contributed by atoms with Gasteiger partial charge in [0.2, 0.25) is 11.8 Å². The van der Waals surface area contributed by atoms with Crippen molar-refractivity contribution in [1.29, 1.82) is 0 Å². The summed E-state index contributed by atoms with van der Waals surface area (Å²) >= 11 is 0. The molecule has 4 atom stereocenters. The van der Waals surface area contributed by atoms with Crippen LogP contribution in [0, 0.1) is 0 Å². The van der Waals surface area contributed by atoms with Crippen molar-refractivity contribution in [2.24, 2.45) is 11.5 Å². The number of rotatable bonds is 10.